The van der Waals surface area contributed by atoms with Crippen LogP contribution in [-0.4, -0.2) is 27.8 Å². The van der Waals surface area contributed by atoms with Gasteiger partial charge in [-0.2, -0.15) is 0 Å². The van der Waals surface area contributed by atoms with Gasteiger partial charge in [0.15, 0.2) is 11.0 Å². The lowest BCUT2D eigenvalue weighted by Crippen LogP contribution is -2.22. The minimum atomic E-state index is -0.240. The summed E-state index contributed by atoms with van der Waals surface area (Å²) in [6.45, 7) is 0.170. The fraction of sp³-hybridized carbons (Fsp3) is 0.115. The number of nitrogens with zero attached hydrogens (tertiary/aromatic N) is 3. The molecule has 1 amide bonds. The zero-order valence-electron chi connectivity index (χ0n) is 18.8. The largest absolute Gasteiger partial charge is 0.497 e. The number of halogens is 2. The molecular weight excluding hydrogens is 503 g/mol. The third-order valence-electron chi connectivity index (χ3n) is 5.00. The Morgan fingerprint density at radius 1 is 1.06 bits per heavy atom. The fourth-order valence-corrected chi connectivity index (χ4v) is 4.68. The molecule has 0 aliphatic rings. The van der Waals surface area contributed by atoms with Crippen LogP contribution in [0.4, 0.5) is 0 Å². The van der Waals surface area contributed by atoms with Crippen molar-refractivity contribution in [2.45, 2.75) is 17.5 Å². The van der Waals surface area contributed by atoms with Crippen molar-refractivity contribution in [2.24, 2.45) is 0 Å². The van der Waals surface area contributed by atoms with Crippen LogP contribution in [0.1, 0.15) is 17.0 Å². The van der Waals surface area contributed by atoms with Gasteiger partial charge in [0.1, 0.15) is 5.75 Å². The predicted molar refractivity (Wildman–Crippen MR) is 141 cm³/mol. The first kappa shape index (κ1) is 24.9. The molecular formula is C26H22Cl2N4O2S. The van der Waals surface area contributed by atoms with Crippen LogP contribution in [0, 0.1) is 0 Å². The molecule has 1 heterocycles. The molecule has 3 aromatic carbocycles. The van der Waals surface area contributed by atoms with Crippen LogP contribution in [0.25, 0.3) is 11.8 Å². The van der Waals surface area contributed by atoms with E-state index < -0.39 is 0 Å². The second-order valence-electron chi connectivity index (χ2n) is 7.43. The summed E-state index contributed by atoms with van der Waals surface area (Å²) in [5, 5.41) is 13.2. The van der Waals surface area contributed by atoms with E-state index in [1.54, 1.807) is 25.3 Å². The monoisotopic (exact) mass is 524 g/mol. The number of rotatable bonds is 9. The summed E-state index contributed by atoms with van der Waals surface area (Å²) in [5.41, 5.74) is 2.69. The second-order valence-corrected chi connectivity index (χ2v) is 9.22. The van der Waals surface area contributed by atoms with Crippen LogP contribution in [0.15, 0.2) is 84.0 Å². The van der Waals surface area contributed by atoms with Crippen molar-refractivity contribution in [1.82, 2.24) is 20.1 Å². The summed E-state index contributed by atoms with van der Waals surface area (Å²) < 4.78 is 7.15. The molecule has 4 rings (SSSR count). The molecule has 178 valence electrons. The highest BCUT2D eigenvalue weighted by Gasteiger charge is 2.17. The molecule has 0 unspecified atom stereocenters. The standard InChI is InChI=1S/C26H22Cl2N4O2S/c1-34-21-9-5-8-19(14-21)17-35-26-31-30-24(32(26)23-12-11-20(27)15-22(23)28)16-29-25(33)13-10-18-6-3-2-4-7-18/h2-15H,16-17H2,1H3,(H,29,33). The van der Waals surface area contributed by atoms with E-state index in [1.165, 1.54) is 17.8 Å². The second kappa shape index (κ2) is 11.9. The Bertz CT molecular complexity index is 1340. The summed E-state index contributed by atoms with van der Waals surface area (Å²) in [6, 6.07) is 22.7. The van der Waals surface area contributed by atoms with E-state index in [4.69, 9.17) is 27.9 Å². The van der Waals surface area contributed by atoms with E-state index in [0.717, 1.165) is 16.9 Å². The van der Waals surface area contributed by atoms with Crippen molar-refractivity contribution in [3.63, 3.8) is 0 Å². The molecule has 0 aliphatic carbocycles. The van der Waals surface area contributed by atoms with Crippen LogP contribution >= 0.6 is 35.0 Å². The average Bonchev–Trinajstić information content (AvgIpc) is 3.28. The minimum Gasteiger partial charge on any atom is -0.497 e. The van der Waals surface area contributed by atoms with E-state index in [-0.39, 0.29) is 12.5 Å². The molecule has 0 aliphatic heterocycles. The number of carbonyl (C=O) groups is 1. The van der Waals surface area contributed by atoms with E-state index in [2.05, 4.69) is 15.5 Å². The lowest BCUT2D eigenvalue weighted by atomic mass is 10.2. The van der Waals surface area contributed by atoms with Crippen LogP contribution in [0.2, 0.25) is 10.0 Å². The van der Waals surface area contributed by atoms with Gasteiger partial charge in [-0.05, 0) is 47.5 Å². The van der Waals surface area contributed by atoms with Crippen molar-refractivity contribution in [3.05, 3.63) is 106 Å². The number of carbonyl (C=O) groups excluding carboxylic acids is 1. The van der Waals surface area contributed by atoms with Gasteiger partial charge in [0.2, 0.25) is 5.91 Å². The number of aromatic nitrogens is 3. The van der Waals surface area contributed by atoms with E-state index in [9.17, 15) is 4.79 Å². The Morgan fingerprint density at radius 2 is 1.89 bits per heavy atom. The summed E-state index contributed by atoms with van der Waals surface area (Å²) in [4.78, 5) is 12.4. The van der Waals surface area contributed by atoms with Gasteiger partial charge >= 0.3 is 0 Å². The van der Waals surface area contributed by atoms with Crippen molar-refractivity contribution >= 4 is 46.9 Å². The van der Waals surface area contributed by atoms with Crippen molar-refractivity contribution in [3.8, 4) is 11.4 Å². The van der Waals surface area contributed by atoms with Gasteiger partial charge in [-0.25, -0.2) is 0 Å². The Kier molecular flexibility index (Phi) is 8.47. The zero-order valence-corrected chi connectivity index (χ0v) is 21.1. The lowest BCUT2D eigenvalue weighted by molar-refractivity contribution is -0.116. The Balaban J connectivity index is 1.55. The highest BCUT2D eigenvalue weighted by Crippen LogP contribution is 2.31. The highest BCUT2D eigenvalue weighted by molar-refractivity contribution is 7.98. The lowest BCUT2D eigenvalue weighted by Gasteiger charge is -2.12. The SMILES string of the molecule is COc1cccc(CSc2nnc(CNC(=O)C=Cc3ccccc3)n2-c2ccc(Cl)cc2Cl)c1. The first-order valence-corrected chi connectivity index (χ1v) is 12.4. The molecule has 1 aromatic heterocycles. The molecule has 0 spiro atoms. The number of thioether (sulfide) groups is 1. The zero-order chi connectivity index (χ0) is 24.6. The van der Waals surface area contributed by atoms with Gasteiger partial charge in [0, 0.05) is 16.9 Å². The van der Waals surface area contributed by atoms with Gasteiger partial charge in [0.25, 0.3) is 0 Å². The molecule has 0 bridgehead atoms. The topological polar surface area (TPSA) is 69.0 Å². The van der Waals surface area contributed by atoms with Crippen molar-refractivity contribution in [1.29, 1.82) is 0 Å². The number of methoxy groups -OCH3 is 1. The maximum atomic E-state index is 12.4. The van der Waals surface area contributed by atoms with Gasteiger partial charge in [-0.15, -0.1) is 10.2 Å². The summed E-state index contributed by atoms with van der Waals surface area (Å²) in [5.74, 6) is 1.74. The van der Waals surface area contributed by atoms with E-state index in [1.807, 2.05) is 65.2 Å². The number of hydrogen-bond acceptors (Lipinski definition) is 5. The molecule has 35 heavy (non-hydrogen) atoms. The molecule has 0 saturated carbocycles. The summed E-state index contributed by atoms with van der Waals surface area (Å²) in [7, 11) is 1.64. The number of hydrogen-bond donors (Lipinski definition) is 1. The summed E-state index contributed by atoms with van der Waals surface area (Å²) in [6.07, 6.45) is 3.25. The Hall–Kier alpha value is -3.26. The van der Waals surface area contributed by atoms with Gasteiger partial charge < -0.3 is 10.1 Å². The van der Waals surface area contributed by atoms with Crippen LogP contribution in [0.5, 0.6) is 5.75 Å². The third-order valence-corrected chi connectivity index (χ3v) is 6.54. The van der Waals surface area contributed by atoms with Crippen molar-refractivity contribution < 1.29 is 9.53 Å². The highest BCUT2D eigenvalue weighted by atomic mass is 35.5. The first-order chi connectivity index (χ1) is 17.0. The van der Waals surface area contributed by atoms with Crippen LogP contribution < -0.4 is 10.1 Å². The van der Waals surface area contributed by atoms with Crippen LogP contribution in [-0.2, 0) is 17.1 Å². The fourth-order valence-electron chi connectivity index (χ4n) is 3.28. The molecule has 9 heteroatoms. The van der Waals surface area contributed by atoms with Crippen LogP contribution in [0.3, 0.4) is 0 Å². The Labute approximate surface area is 217 Å². The number of benzene rings is 3. The average molecular weight is 525 g/mol. The van der Waals surface area contributed by atoms with Gasteiger partial charge in [-0.1, -0.05) is 77.4 Å². The molecule has 0 atom stereocenters. The third kappa shape index (κ3) is 6.66. The maximum absolute atomic E-state index is 12.4. The number of nitrogens with one attached hydrogen (secondary N) is 1. The molecule has 0 saturated heterocycles. The molecule has 0 radical (unpaired) electrons. The van der Waals surface area contributed by atoms with Gasteiger partial charge in [0.05, 0.1) is 24.4 Å². The summed E-state index contributed by atoms with van der Waals surface area (Å²) >= 11 is 14.1. The maximum Gasteiger partial charge on any atom is 0.244 e. The molecule has 6 nitrogen and oxygen atoms in total. The molecule has 4 aromatic rings. The van der Waals surface area contributed by atoms with E-state index >= 15 is 0 Å². The smallest absolute Gasteiger partial charge is 0.244 e. The number of ether oxygens (including phenoxy) is 1. The quantitative estimate of drug-likeness (QED) is 0.208. The normalized spacial score (nSPS) is 11.1. The Morgan fingerprint density at radius 3 is 2.66 bits per heavy atom. The predicted octanol–water partition coefficient (Wildman–Crippen LogP) is 6.20. The minimum absolute atomic E-state index is 0.170. The molecule has 1 N–H and O–H groups in total. The molecule has 0 fully saturated rings. The first-order valence-electron chi connectivity index (χ1n) is 10.7. The number of amides is 1. The van der Waals surface area contributed by atoms with Crippen molar-refractivity contribution in [2.75, 3.05) is 7.11 Å². The van der Waals surface area contributed by atoms with Gasteiger partial charge in [-0.3, -0.25) is 9.36 Å². The van der Waals surface area contributed by atoms with E-state index in [0.29, 0.717) is 32.5 Å².